The van der Waals surface area contributed by atoms with Crippen molar-refractivity contribution in [1.82, 2.24) is 30.0 Å². The zero-order valence-electron chi connectivity index (χ0n) is 6.47. The first-order chi connectivity index (χ1) is 6.36. The van der Waals surface area contributed by atoms with Gasteiger partial charge in [-0.25, -0.2) is 0 Å². The molecule has 0 amide bonds. The highest BCUT2D eigenvalue weighted by atomic mass is 15.4. The predicted molar refractivity (Wildman–Crippen MR) is 44.8 cm³/mol. The van der Waals surface area contributed by atoms with Crippen LogP contribution in [0.2, 0.25) is 0 Å². The molecule has 0 saturated carbocycles. The standard InChI is InChI=1S/C6H5N7/c7-5-4-6(12-11-5)13-3(9-10-4)1-2-8-13/h1-2H,(H3,7,11,12). The average molecular weight is 175 g/mol. The van der Waals surface area contributed by atoms with Crippen LogP contribution in [0.3, 0.4) is 0 Å². The van der Waals surface area contributed by atoms with Crippen molar-refractivity contribution in [2.75, 3.05) is 5.73 Å². The second-order valence-electron chi connectivity index (χ2n) is 2.61. The SMILES string of the molecule is Nc1[nH]nc2c1nnc1ccnn12. The Morgan fingerprint density at radius 2 is 2.31 bits per heavy atom. The quantitative estimate of drug-likeness (QED) is 0.483. The van der Waals surface area contributed by atoms with E-state index in [0.29, 0.717) is 22.6 Å². The second kappa shape index (κ2) is 1.94. The summed E-state index contributed by atoms with van der Waals surface area (Å²) in [4.78, 5) is 0. The van der Waals surface area contributed by atoms with Crippen molar-refractivity contribution >= 4 is 22.6 Å². The highest BCUT2D eigenvalue weighted by Crippen LogP contribution is 2.13. The maximum absolute atomic E-state index is 5.57. The minimum absolute atomic E-state index is 0.403. The summed E-state index contributed by atoms with van der Waals surface area (Å²) in [5.74, 6) is 0.403. The molecule has 3 heterocycles. The van der Waals surface area contributed by atoms with Crippen LogP contribution in [-0.4, -0.2) is 30.0 Å². The fourth-order valence-corrected chi connectivity index (χ4v) is 1.22. The molecule has 7 heteroatoms. The minimum atomic E-state index is 0.403. The van der Waals surface area contributed by atoms with Crippen LogP contribution in [0.15, 0.2) is 12.3 Å². The van der Waals surface area contributed by atoms with Gasteiger partial charge in [0.25, 0.3) is 0 Å². The van der Waals surface area contributed by atoms with Gasteiger partial charge in [-0.1, -0.05) is 0 Å². The molecule has 3 rings (SSSR count). The van der Waals surface area contributed by atoms with Gasteiger partial charge in [0.1, 0.15) is 5.82 Å². The lowest BCUT2D eigenvalue weighted by Crippen LogP contribution is -1.95. The Balaban J connectivity index is 2.66. The Hall–Kier alpha value is -2.18. The summed E-state index contributed by atoms with van der Waals surface area (Å²) in [7, 11) is 0. The van der Waals surface area contributed by atoms with Crippen LogP contribution < -0.4 is 5.73 Å². The number of hydrogen-bond acceptors (Lipinski definition) is 5. The van der Waals surface area contributed by atoms with E-state index in [1.807, 2.05) is 0 Å². The molecule has 0 radical (unpaired) electrons. The smallest absolute Gasteiger partial charge is 0.207 e. The Bertz CT molecular complexity index is 577. The fraction of sp³-hybridized carbons (Fsp3) is 0. The van der Waals surface area contributed by atoms with E-state index in [1.165, 1.54) is 0 Å². The lowest BCUT2D eigenvalue weighted by atomic mass is 10.5. The van der Waals surface area contributed by atoms with E-state index in [1.54, 1.807) is 16.8 Å². The van der Waals surface area contributed by atoms with Crippen molar-refractivity contribution < 1.29 is 0 Å². The molecule has 0 aliphatic heterocycles. The lowest BCUT2D eigenvalue weighted by Gasteiger charge is -1.90. The first-order valence-corrected chi connectivity index (χ1v) is 3.66. The van der Waals surface area contributed by atoms with Crippen molar-refractivity contribution in [1.29, 1.82) is 0 Å². The van der Waals surface area contributed by atoms with Gasteiger partial charge >= 0.3 is 0 Å². The molecule has 0 bridgehead atoms. The van der Waals surface area contributed by atoms with Crippen LogP contribution in [0.4, 0.5) is 5.82 Å². The number of H-pyrrole nitrogens is 1. The van der Waals surface area contributed by atoms with Gasteiger partial charge in [0.15, 0.2) is 11.2 Å². The van der Waals surface area contributed by atoms with Crippen LogP contribution >= 0.6 is 0 Å². The van der Waals surface area contributed by atoms with Gasteiger partial charge in [-0.15, -0.1) is 10.2 Å². The number of nitrogen functional groups attached to an aromatic ring is 1. The van der Waals surface area contributed by atoms with Gasteiger partial charge in [-0.2, -0.15) is 14.7 Å². The maximum Gasteiger partial charge on any atom is 0.207 e. The summed E-state index contributed by atoms with van der Waals surface area (Å²) >= 11 is 0. The summed E-state index contributed by atoms with van der Waals surface area (Å²) < 4.78 is 1.58. The van der Waals surface area contributed by atoms with Gasteiger partial charge in [0, 0.05) is 6.07 Å². The van der Waals surface area contributed by atoms with Gasteiger partial charge in [0.2, 0.25) is 5.65 Å². The van der Waals surface area contributed by atoms with Gasteiger partial charge < -0.3 is 5.73 Å². The highest BCUT2D eigenvalue weighted by molar-refractivity contribution is 5.82. The topological polar surface area (TPSA) is 97.8 Å². The summed E-state index contributed by atoms with van der Waals surface area (Å²) in [6, 6.07) is 1.75. The van der Waals surface area contributed by atoms with Gasteiger partial charge in [-0.05, 0) is 0 Å². The number of aromatic nitrogens is 6. The molecule has 64 valence electrons. The largest absolute Gasteiger partial charge is 0.382 e. The fourth-order valence-electron chi connectivity index (χ4n) is 1.22. The van der Waals surface area contributed by atoms with Crippen molar-refractivity contribution in [2.45, 2.75) is 0 Å². The summed E-state index contributed by atoms with van der Waals surface area (Å²) in [5.41, 5.74) is 7.35. The molecule has 0 aliphatic rings. The van der Waals surface area contributed by atoms with E-state index >= 15 is 0 Å². The van der Waals surface area contributed by atoms with E-state index in [2.05, 4.69) is 25.5 Å². The third-order valence-corrected chi connectivity index (χ3v) is 1.83. The molecule has 0 atom stereocenters. The molecule has 0 spiro atoms. The molecule has 7 nitrogen and oxygen atoms in total. The number of nitrogens with two attached hydrogens (primary N) is 1. The van der Waals surface area contributed by atoms with Crippen LogP contribution in [0.1, 0.15) is 0 Å². The molecule has 0 saturated heterocycles. The predicted octanol–water partition coefficient (Wildman–Crippen LogP) is -0.417. The molecule has 0 unspecified atom stereocenters. The molecule has 13 heavy (non-hydrogen) atoms. The summed E-state index contributed by atoms with van der Waals surface area (Å²) in [5, 5.41) is 18.5. The molecule has 3 aromatic rings. The van der Waals surface area contributed by atoms with Crippen molar-refractivity contribution in [2.24, 2.45) is 0 Å². The molecular formula is C6H5N7. The number of fused-ring (bicyclic) bond motifs is 3. The average Bonchev–Trinajstić information content (AvgIpc) is 2.70. The number of rotatable bonds is 0. The molecule has 3 aromatic heterocycles. The Morgan fingerprint density at radius 3 is 3.23 bits per heavy atom. The molecular weight excluding hydrogens is 170 g/mol. The number of anilines is 1. The third kappa shape index (κ3) is 0.675. The number of nitrogens with one attached hydrogen (secondary N) is 1. The van der Waals surface area contributed by atoms with Crippen LogP contribution in [0, 0.1) is 0 Å². The second-order valence-corrected chi connectivity index (χ2v) is 2.61. The normalized spacial score (nSPS) is 11.4. The van der Waals surface area contributed by atoms with E-state index in [4.69, 9.17) is 5.73 Å². The molecule has 0 fully saturated rings. The van der Waals surface area contributed by atoms with E-state index in [9.17, 15) is 0 Å². The van der Waals surface area contributed by atoms with E-state index in [-0.39, 0.29) is 0 Å². The van der Waals surface area contributed by atoms with Gasteiger partial charge in [0.05, 0.1) is 6.20 Å². The minimum Gasteiger partial charge on any atom is -0.382 e. The zero-order valence-corrected chi connectivity index (χ0v) is 6.47. The van der Waals surface area contributed by atoms with E-state index < -0.39 is 0 Å². The molecule has 0 aliphatic carbocycles. The van der Waals surface area contributed by atoms with Crippen LogP contribution in [-0.2, 0) is 0 Å². The monoisotopic (exact) mass is 175 g/mol. The number of hydrogen-bond donors (Lipinski definition) is 2. The Kier molecular flexibility index (Phi) is 0.950. The third-order valence-electron chi connectivity index (χ3n) is 1.83. The first-order valence-electron chi connectivity index (χ1n) is 3.66. The first kappa shape index (κ1) is 6.35. The van der Waals surface area contributed by atoms with Crippen LogP contribution in [0.25, 0.3) is 16.8 Å². The van der Waals surface area contributed by atoms with E-state index in [0.717, 1.165) is 0 Å². The van der Waals surface area contributed by atoms with Crippen molar-refractivity contribution in [3.8, 4) is 0 Å². The van der Waals surface area contributed by atoms with Crippen molar-refractivity contribution in [3.05, 3.63) is 12.3 Å². The number of nitrogens with zero attached hydrogens (tertiary/aromatic N) is 5. The zero-order chi connectivity index (χ0) is 8.84. The maximum atomic E-state index is 5.57. The van der Waals surface area contributed by atoms with Crippen molar-refractivity contribution in [3.63, 3.8) is 0 Å². The Morgan fingerprint density at radius 1 is 1.38 bits per heavy atom. The number of aromatic amines is 1. The van der Waals surface area contributed by atoms with Crippen LogP contribution in [0.5, 0.6) is 0 Å². The highest BCUT2D eigenvalue weighted by Gasteiger charge is 2.08. The Labute approximate surface area is 71.6 Å². The molecule has 3 N–H and O–H groups in total. The lowest BCUT2D eigenvalue weighted by molar-refractivity contribution is 0.922. The summed E-state index contributed by atoms with van der Waals surface area (Å²) in [6.45, 7) is 0. The molecule has 0 aromatic carbocycles. The van der Waals surface area contributed by atoms with Gasteiger partial charge in [-0.3, -0.25) is 5.10 Å². The summed E-state index contributed by atoms with van der Waals surface area (Å²) in [6.07, 6.45) is 1.63.